The first-order valence-electron chi connectivity index (χ1n) is 11.3. The van der Waals surface area contributed by atoms with Crippen LogP contribution in [-0.4, -0.2) is 61.8 Å². The van der Waals surface area contributed by atoms with Gasteiger partial charge in [0.25, 0.3) is 5.91 Å². The number of benzene rings is 2. The summed E-state index contributed by atoms with van der Waals surface area (Å²) in [5.41, 5.74) is 3.13. The minimum absolute atomic E-state index is 0. The van der Waals surface area contributed by atoms with E-state index in [2.05, 4.69) is 18.7 Å². The minimum Gasteiger partial charge on any atom is -0.484 e. The molecule has 1 saturated heterocycles. The molecule has 4 rings (SSSR count). The molecule has 0 bridgehead atoms. The van der Waals surface area contributed by atoms with Crippen molar-refractivity contribution in [2.45, 2.75) is 26.7 Å². The minimum atomic E-state index is -0.112. The van der Waals surface area contributed by atoms with Crippen LogP contribution in [0.5, 0.6) is 5.75 Å². The normalized spacial score (nSPS) is 14.3. The molecule has 1 fully saturated rings. The van der Waals surface area contributed by atoms with Crippen molar-refractivity contribution in [2.75, 3.05) is 50.9 Å². The van der Waals surface area contributed by atoms with Gasteiger partial charge in [-0.2, -0.15) is 0 Å². The Hall–Kier alpha value is -1.90. The van der Waals surface area contributed by atoms with E-state index in [4.69, 9.17) is 26.1 Å². The zero-order chi connectivity index (χ0) is 23.4. The number of carbonyl (C=O) groups excluding carboxylic acids is 1. The number of rotatable bonds is 8. The van der Waals surface area contributed by atoms with Crippen molar-refractivity contribution in [1.29, 1.82) is 0 Å². The smallest absolute Gasteiger partial charge is 0.266 e. The molecule has 184 valence electrons. The highest BCUT2D eigenvalue weighted by Gasteiger charge is 2.23. The number of halogens is 2. The van der Waals surface area contributed by atoms with E-state index in [0.717, 1.165) is 48.6 Å². The van der Waals surface area contributed by atoms with Crippen molar-refractivity contribution in [3.63, 3.8) is 0 Å². The van der Waals surface area contributed by atoms with E-state index in [0.29, 0.717) is 28.4 Å². The molecule has 0 saturated carbocycles. The summed E-state index contributed by atoms with van der Waals surface area (Å²) in [4.78, 5) is 22.1. The Bertz CT molecular complexity index is 1100. The van der Waals surface area contributed by atoms with Crippen LogP contribution in [0, 0.1) is 6.92 Å². The molecular formula is C25H31Cl2N3O3S. The lowest BCUT2D eigenvalue weighted by atomic mass is 10.0. The van der Waals surface area contributed by atoms with Crippen LogP contribution in [0.3, 0.4) is 0 Å². The lowest BCUT2D eigenvalue weighted by molar-refractivity contribution is -0.120. The van der Waals surface area contributed by atoms with Gasteiger partial charge < -0.3 is 9.47 Å². The van der Waals surface area contributed by atoms with Crippen molar-refractivity contribution >= 4 is 56.6 Å². The molecule has 0 aliphatic carbocycles. The van der Waals surface area contributed by atoms with Crippen LogP contribution in [-0.2, 0) is 9.53 Å². The number of amides is 1. The Balaban J connectivity index is 0.00000324. The Labute approximate surface area is 216 Å². The van der Waals surface area contributed by atoms with Crippen LogP contribution >= 0.6 is 35.3 Å². The van der Waals surface area contributed by atoms with Crippen LogP contribution in [0.2, 0.25) is 5.02 Å². The van der Waals surface area contributed by atoms with Crippen LogP contribution in [0.1, 0.15) is 30.9 Å². The number of hydrogen-bond acceptors (Lipinski definition) is 6. The maximum atomic E-state index is 13.3. The number of morpholine rings is 1. The lowest BCUT2D eigenvalue weighted by Gasteiger charge is -2.29. The molecule has 2 heterocycles. The first kappa shape index (κ1) is 26.7. The van der Waals surface area contributed by atoms with E-state index in [-0.39, 0.29) is 24.9 Å². The molecule has 0 atom stereocenters. The number of carbonyl (C=O) groups is 1. The van der Waals surface area contributed by atoms with Crippen molar-refractivity contribution < 1.29 is 14.3 Å². The number of anilines is 1. The predicted molar refractivity (Wildman–Crippen MR) is 142 cm³/mol. The van der Waals surface area contributed by atoms with Gasteiger partial charge in [0.1, 0.15) is 5.75 Å². The molecule has 3 aromatic rings. The molecule has 9 heteroatoms. The molecule has 0 spiro atoms. The predicted octanol–water partition coefficient (Wildman–Crippen LogP) is 5.55. The quantitative estimate of drug-likeness (QED) is 0.387. The topological polar surface area (TPSA) is 54.9 Å². The summed E-state index contributed by atoms with van der Waals surface area (Å²) in [6.07, 6.45) is 0. The highest BCUT2D eigenvalue weighted by Crippen LogP contribution is 2.33. The van der Waals surface area contributed by atoms with Gasteiger partial charge in [0.05, 0.1) is 23.4 Å². The monoisotopic (exact) mass is 523 g/mol. The molecule has 2 aromatic carbocycles. The van der Waals surface area contributed by atoms with Crippen molar-refractivity contribution in [3.05, 3.63) is 52.5 Å². The average Bonchev–Trinajstić information content (AvgIpc) is 3.23. The van der Waals surface area contributed by atoms with Crippen LogP contribution in [0.25, 0.3) is 10.2 Å². The van der Waals surface area contributed by atoms with Crippen LogP contribution < -0.4 is 9.64 Å². The largest absolute Gasteiger partial charge is 0.484 e. The van der Waals surface area contributed by atoms with E-state index in [1.165, 1.54) is 16.9 Å². The first-order chi connectivity index (χ1) is 15.9. The van der Waals surface area contributed by atoms with Gasteiger partial charge in [0.2, 0.25) is 0 Å². The highest BCUT2D eigenvalue weighted by molar-refractivity contribution is 7.22. The fourth-order valence-corrected chi connectivity index (χ4v) is 5.29. The zero-order valence-corrected chi connectivity index (χ0v) is 22.1. The number of thiazole rings is 1. The Kier molecular flexibility index (Phi) is 9.56. The van der Waals surface area contributed by atoms with Gasteiger partial charge in [-0.3, -0.25) is 14.6 Å². The molecule has 34 heavy (non-hydrogen) atoms. The van der Waals surface area contributed by atoms with E-state index in [1.807, 2.05) is 43.3 Å². The summed E-state index contributed by atoms with van der Waals surface area (Å²) in [6, 6.07) is 11.7. The number of fused-ring (bicyclic) bond motifs is 1. The van der Waals surface area contributed by atoms with Gasteiger partial charge in [-0.15, -0.1) is 12.4 Å². The Morgan fingerprint density at radius 3 is 2.62 bits per heavy atom. The fraction of sp³-hybridized carbons (Fsp3) is 0.440. The molecule has 0 N–H and O–H groups in total. The SMILES string of the molecule is Cc1cc(Cl)cc2sc(N(CCN3CCOCC3)C(=O)COc3ccc(C(C)C)cc3)nc12.Cl. The standard InChI is InChI=1S/C25H30ClN3O3S.ClH/c1-17(2)19-4-6-21(7-5-19)32-16-23(30)29(9-8-28-10-12-31-13-11-28)25-27-24-18(3)14-20(26)15-22(24)33-25;/h4-7,14-15,17H,8-13,16H2,1-3H3;1H. The fourth-order valence-electron chi connectivity index (χ4n) is 3.82. The summed E-state index contributed by atoms with van der Waals surface area (Å²) in [7, 11) is 0. The molecule has 0 unspecified atom stereocenters. The lowest BCUT2D eigenvalue weighted by Crippen LogP contribution is -2.44. The second-order valence-electron chi connectivity index (χ2n) is 8.58. The molecular weight excluding hydrogens is 493 g/mol. The molecule has 1 aliphatic rings. The number of ether oxygens (including phenoxy) is 2. The van der Waals surface area contributed by atoms with Gasteiger partial charge in [-0.05, 0) is 48.2 Å². The molecule has 6 nitrogen and oxygen atoms in total. The third-order valence-electron chi connectivity index (χ3n) is 5.82. The summed E-state index contributed by atoms with van der Waals surface area (Å²) < 4.78 is 12.3. The Morgan fingerprint density at radius 1 is 1.24 bits per heavy atom. The zero-order valence-electron chi connectivity index (χ0n) is 19.8. The highest BCUT2D eigenvalue weighted by atomic mass is 35.5. The second-order valence-corrected chi connectivity index (χ2v) is 10.0. The van der Waals surface area contributed by atoms with E-state index < -0.39 is 0 Å². The number of aromatic nitrogens is 1. The summed E-state index contributed by atoms with van der Waals surface area (Å²) >= 11 is 7.73. The van der Waals surface area contributed by atoms with Crippen molar-refractivity contribution in [3.8, 4) is 5.75 Å². The maximum Gasteiger partial charge on any atom is 0.266 e. The molecule has 0 radical (unpaired) electrons. The van der Waals surface area contributed by atoms with Gasteiger partial charge in [0.15, 0.2) is 11.7 Å². The first-order valence-corrected chi connectivity index (χ1v) is 12.5. The van der Waals surface area contributed by atoms with Gasteiger partial charge in [0, 0.05) is 31.2 Å². The van der Waals surface area contributed by atoms with Gasteiger partial charge >= 0.3 is 0 Å². The third-order valence-corrected chi connectivity index (χ3v) is 7.07. The van der Waals surface area contributed by atoms with Gasteiger partial charge in [-0.1, -0.05) is 48.9 Å². The van der Waals surface area contributed by atoms with Gasteiger partial charge in [-0.25, -0.2) is 4.98 Å². The van der Waals surface area contributed by atoms with Crippen molar-refractivity contribution in [2.24, 2.45) is 0 Å². The van der Waals surface area contributed by atoms with E-state index in [9.17, 15) is 4.79 Å². The van der Waals surface area contributed by atoms with Crippen LogP contribution in [0.15, 0.2) is 36.4 Å². The van der Waals surface area contributed by atoms with E-state index in [1.54, 1.807) is 4.90 Å². The van der Waals surface area contributed by atoms with E-state index >= 15 is 0 Å². The third kappa shape index (κ3) is 6.61. The molecule has 1 amide bonds. The second kappa shape index (κ2) is 12.2. The number of aryl methyl sites for hydroxylation is 1. The number of nitrogens with zero attached hydrogens (tertiary/aromatic N) is 3. The molecule has 1 aliphatic heterocycles. The number of hydrogen-bond donors (Lipinski definition) is 0. The summed E-state index contributed by atoms with van der Waals surface area (Å²) in [6.45, 7) is 10.7. The molecule has 1 aromatic heterocycles. The summed E-state index contributed by atoms with van der Waals surface area (Å²) in [5.74, 6) is 1.03. The Morgan fingerprint density at radius 2 is 1.94 bits per heavy atom. The summed E-state index contributed by atoms with van der Waals surface area (Å²) in [5, 5.41) is 1.35. The van der Waals surface area contributed by atoms with Crippen molar-refractivity contribution in [1.82, 2.24) is 9.88 Å². The van der Waals surface area contributed by atoms with Crippen LogP contribution in [0.4, 0.5) is 5.13 Å². The maximum absolute atomic E-state index is 13.3. The average molecular weight is 525 g/mol.